The van der Waals surface area contributed by atoms with Gasteiger partial charge in [0.25, 0.3) is 0 Å². The van der Waals surface area contributed by atoms with Crippen LogP contribution in [0.5, 0.6) is 23.0 Å². The second-order valence-corrected chi connectivity index (χ2v) is 12.1. The number of phenols is 2. The highest BCUT2D eigenvalue weighted by Gasteiger charge is 2.19. The van der Waals surface area contributed by atoms with E-state index in [9.17, 15) is 10.0 Å². The van der Waals surface area contributed by atoms with Crippen LogP contribution in [-0.2, 0) is 25.7 Å². The third kappa shape index (κ3) is 6.33. The molecule has 10 heteroatoms. The Morgan fingerprint density at radius 3 is 2.09 bits per heavy atom. The number of benzene rings is 4. The second kappa shape index (κ2) is 13.1. The van der Waals surface area contributed by atoms with E-state index in [1.165, 1.54) is 35.2 Å². The fourth-order valence-electron chi connectivity index (χ4n) is 6.50. The van der Waals surface area contributed by atoms with Gasteiger partial charge in [-0.05, 0) is 103 Å². The van der Waals surface area contributed by atoms with Gasteiger partial charge in [-0.15, -0.1) is 4.91 Å². The van der Waals surface area contributed by atoms with Crippen molar-refractivity contribution in [2.24, 2.45) is 15.2 Å². The van der Waals surface area contributed by atoms with E-state index in [4.69, 9.17) is 14.8 Å². The molecule has 5 aliphatic heterocycles. The zero-order valence-corrected chi connectivity index (χ0v) is 25.7. The van der Waals surface area contributed by atoms with Crippen LogP contribution in [0.3, 0.4) is 0 Å². The molecule has 0 saturated carbocycles. The van der Waals surface area contributed by atoms with Crippen LogP contribution in [0.2, 0.25) is 0 Å². The second-order valence-electron chi connectivity index (χ2n) is 12.1. The van der Waals surface area contributed by atoms with E-state index in [1.54, 1.807) is 24.3 Å². The molecule has 236 valence electrons. The standard InChI is InChI=1S/C18H17N3O.C9H10N2O2.C9H11NO/c1-3-11-7-15-17(9-13(11)19-5-1)22-18-10-14-12(4-2-6-20-14)8-16(18)21-15;12-9-5-7-6(2-1-3-10-7)4-8(9)11-13;11-8-4-3-7-2-1-5-10-9(7)6-8/h7-10,19H,1-6H2;4-5,10,12H,1-3H2;3-4,6,10-11H,1-2,5H2. The molecule has 5 heterocycles. The van der Waals surface area contributed by atoms with E-state index in [-0.39, 0.29) is 11.4 Å². The number of hydrogen-bond acceptors (Lipinski definition) is 10. The third-order valence-corrected chi connectivity index (χ3v) is 8.90. The molecular weight excluding hydrogens is 580 g/mol. The number of phenolic OH excluding ortho intramolecular Hbond substituents is 2. The van der Waals surface area contributed by atoms with Crippen molar-refractivity contribution < 1.29 is 14.9 Å². The lowest BCUT2D eigenvalue weighted by Crippen LogP contribution is -2.22. The largest absolute Gasteiger partial charge is 0.508 e. The van der Waals surface area contributed by atoms with E-state index in [0.29, 0.717) is 5.75 Å². The summed E-state index contributed by atoms with van der Waals surface area (Å²) < 4.78 is 6.12. The molecule has 4 aromatic carbocycles. The van der Waals surface area contributed by atoms with Gasteiger partial charge in [-0.25, -0.2) is 4.99 Å². The molecule has 0 atom stereocenters. The maximum atomic E-state index is 10.3. The molecule has 9 rings (SSSR count). The Bertz CT molecular complexity index is 1930. The van der Waals surface area contributed by atoms with Gasteiger partial charge >= 0.3 is 0 Å². The van der Waals surface area contributed by atoms with Crippen molar-refractivity contribution in [3.05, 3.63) is 92.5 Å². The van der Waals surface area contributed by atoms with Crippen molar-refractivity contribution in [1.82, 2.24) is 0 Å². The fraction of sp³-hybridized carbons (Fsp3) is 0.333. The van der Waals surface area contributed by atoms with Crippen LogP contribution in [0.1, 0.15) is 47.9 Å². The molecular formula is C36H38N6O4. The summed E-state index contributed by atoms with van der Waals surface area (Å²) in [5, 5.41) is 33.1. The summed E-state index contributed by atoms with van der Waals surface area (Å²) in [6.07, 6.45) is 8.81. The molecule has 5 aliphatic rings. The van der Waals surface area contributed by atoms with Crippen molar-refractivity contribution >= 4 is 28.4 Å². The third-order valence-electron chi connectivity index (χ3n) is 8.90. The Hall–Kier alpha value is -5.12. The van der Waals surface area contributed by atoms with Crippen molar-refractivity contribution in [2.75, 3.05) is 42.1 Å². The average Bonchev–Trinajstić information content (AvgIpc) is 3.09. The molecule has 0 bridgehead atoms. The number of nitrogens with one attached hydrogen (secondary N) is 3. The summed E-state index contributed by atoms with van der Waals surface area (Å²) in [5.74, 6) is 1.96. The minimum Gasteiger partial charge on any atom is -0.508 e. The van der Waals surface area contributed by atoms with Crippen LogP contribution in [0.15, 0.2) is 69.8 Å². The quantitative estimate of drug-likeness (QED) is 0.134. The average molecular weight is 619 g/mol. The van der Waals surface area contributed by atoms with Crippen molar-refractivity contribution in [1.29, 1.82) is 0 Å². The number of fused-ring (bicyclic) bond motifs is 6. The summed E-state index contributed by atoms with van der Waals surface area (Å²) in [7, 11) is 0. The minimum absolute atomic E-state index is 0.0526. The number of nitrogens with zero attached hydrogens (tertiary/aromatic N) is 3. The van der Waals surface area contributed by atoms with Crippen molar-refractivity contribution in [3.63, 3.8) is 0 Å². The Balaban J connectivity index is 0.000000120. The molecule has 0 spiro atoms. The number of rotatable bonds is 1. The van der Waals surface area contributed by atoms with Crippen molar-refractivity contribution in [3.8, 4) is 23.0 Å². The molecule has 4 aromatic rings. The van der Waals surface area contributed by atoms with Gasteiger partial charge in [-0.1, -0.05) is 6.07 Å². The Morgan fingerprint density at radius 2 is 1.33 bits per heavy atom. The Labute approximate surface area is 267 Å². The van der Waals surface area contributed by atoms with E-state index in [1.807, 2.05) is 12.1 Å². The highest BCUT2D eigenvalue weighted by atomic mass is 16.5. The molecule has 0 saturated heterocycles. The SMILES string of the molecule is O=Nc1cc2c(cc1O)NCCC2.Oc1ccc2c(c1)NCCC2.c1c2c(cc3c1N=c1cc4c(cc1O3)=NCCC4)NCCC2. The smallest absolute Gasteiger partial charge is 0.155 e. The molecule has 0 unspecified atom stereocenters. The first kappa shape index (κ1) is 29.6. The van der Waals surface area contributed by atoms with Crippen LogP contribution in [0, 0.1) is 4.91 Å². The summed E-state index contributed by atoms with van der Waals surface area (Å²) in [6, 6.07) is 17.2. The zero-order valence-electron chi connectivity index (χ0n) is 25.7. The van der Waals surface area contributed by atoms with E-state index in [0.717, 1.165) is 110 Å². The van der Waals surface area contributed by atoms with Gasteiger partial charge < -0.3 is 30.9 Å². The summed E-state index contributed by atoms with van der Waals surface area (Å²) in [6.45, 7) is 3.89. The monoisotopic (exact) mass is 618 g/mol. The van der Waals surface area contributed by atoms with Crippen LogP contribution in [0.4, 0.5) is 28.4 Å². The lowest BCUT2D eigenvalue weighted by atomic mass is 10.0. The van der Waals surface area contributed by atoms with Crippen molar-refractivity contribution in [2.45, 2.75) is 51.4 Å². The number of anilines is 3. The molecule has 0 amide bonds. The maximum Gasteiger partial charge on any atom is 0.155 e. The number of aryl methyl sites for hydroxylation is 4. The molecule has 0 fully saturated rings. The zero-order chi connectivity index (χ0) is 31.5. The normalized spacial score (nSPS) is 16.1. The highest BCUT2D eigenvalue weighted by Crippen LogP contribution is 2.39. The van der Waals surface area contributed by atoms with Crippen LogP contribution in [0.25, 0.3) is 0 Å². The fourth-order valence-corrected chi connectivity index (χ4v) is 6.50. The molecule has 0 aliphatic carbocycles. The summed E-state index contributed by atoms with van der Waals surface area (Å²) in [5.41, 5.74) is 9.27. The first-order valence-electron chi connectivity index (χ1n) is 16.2. The predicted octanol–water partition coefficient (Wildman–Crippen LogP) is 6.57. The number of ether oxygens (including phenoxy) is 1. The first-order chi connectivity index (χ1) is 22.5. The molecule has 5 N–H and O–H groups in total. The van der Waals surface area contributed by atoms with E-state index >= 15 is 0 Å². The molecule has 10 nitrogen and oxygen atoms in total. The van der Waals surface area contributed by atoms with Gasteiger partial charge in [-0.3, -0.25) is 4.99 Å². The van der Waals surface area contributed by atoms with E-state index < -0.39 is 0 Å². The topological polar surface area (TPSA) is 140 Å². The number of hydrogen-bond donors (Lipinski definition) is 5. The van der Waals surface area contributed by atoms with Crippen LogP contribution in [-0.4, -0.2) is 36.4 Å². The molecule has 0 radical (unpaired) electrons. The van der Waals surface area contributed by atoms with Crippen LogP contribution < -0.4 is 31.4 Å². The maximum absolute atomic E-state index is 10.3. The van der Waals surface area contributed by atoms with E-state index in [2.05, 4.69) is 44.3 Å². The lowest BCUT2D eigenvalue weighted by molar-refractivity contribution is 0.468. The van der Waals surface area contributed by atoms with Gasteiger partial charge in [0.1, 0.15) is 28.2 Å². The summed E-state index contributed by atoms with van der Waals surface area (Å²) in [4.78, 5) is 19.7. The molecule has 0 aromatic heterocycles. The Kier molecular flexibility index (Phi) is 8.41. The Morgan fingerprint density at radius 1 is 0.652 bits per heavy atom. The number of nitroso groups, excluding NO2 is 1. The molecule has 46 heavy (non-hydrogen) atoms. The predicted molar refractivity (Wildman–Crippen MR) is 180 cm³/mol. The van der Waals surface area contributed by atoms with Gasteiger partial charge in [0.2, 0.25) is 0 Å². The van der Waals surface area contributed by atoms with Crippen LogP contribution >= 0.6 is 0 Å². The minimum atomic E-state index is -0.0526. The lowest BCUT2D eigenvalue weighted by Gasteiger charge is -2.22. The van der Waals surface area contributed by atoms with Gasteiger partial charge in [-0.2, -0.15) is 0 Å². The van der Waals surface area contributed by atoms with Gasteiger partial charge in [0, 0.05) is 67.5 Å². The highest BCUT2D eigenvalue weighted by molar-refractivity contribution is 5.68. The number of aromatic hydroxyl groups is 2. The first-order valence-corrected chi connectivity index (χ1v) is 16.2. The van der Waals surface area contributed by atoms with Gasteiger partial charge in [0.15, 0.2) is 11.5 Å². The summed E-state index contributed by atoms with van der Waals surface area (Å²) >= 11 is 0. The van der Waals surface area contributed by atoms with Gasteiger partial charge in [0.05, 0.1) is 5.36 Å².